The summed E-state index contributed by atoms with van der Waals surface area (Å²) in [6.07, 6.45) is -0.321. The van der Waals surface area contributed by atoms with Crippen molar-refractivity contribution in [2.24, 2.45) is 0 Å². The van der Waals surface area contributed by atoms with Crippen molar-refractivity contribution in [1.29, 1.82) is 0 Å². The summed E-state index contributed by atoms with van der Waals surface area (Å²) in [6, 6.07) is 0.335. The first-order chi connectivity index (χ1) is 7.46. The Balaban J connectivity index is 2.43. The molecular formula is C11H21F3N2. The Hall–Kier alpha value is -0.290. The van der Waals surface area contributed by atoms with Gasteiger partial charge in [0.05, 0.1) is 6.54 Å². The summed E-state index contributed by atoms with van der Waals surface area (Å²) in [7, 11) is 1.82. The fourth-order valence-corrected chi connectivity index (χ4v) is 1.97. The molecule has 0 radical (unpaired) electrons. The molecule has 96 valence electrons. The first-order valence-electron chi connectivity index (χ1n) is 5.94. The molecule has 1 aliphatic rings. The minimum Gasteiger partial charge on any atom is -0.316 e. The molecule has 0 bridgehead atoms. The maximum absolute atomic E-state index is 12.4. The number of hydrogen-bond donors (Lipinski definition) is 1. The second-order valence-corrected chi connectivity index (χ2v) is 4.55. The predicted molar refractivity (Wildman–Crippen MR) is 58.4 cm³/mol. The van der Waals surface area contributed by atoms with Gasteiger partial charge in [0, 0.05) is 18.6 Å². The van der Waals surface area contributed by atoms with E-state index in [1.807, 2.05) is 7.05 Å². The lowest BCUT2D eigenvalue weighted by molar-refractivity contribution is -0.147. The molecule has 0 amide bonds. The summed E-state index contributed by atoms with van der Waals surface area (Å²) in [6.45, 7) is 1.80. The summed E-state index contributed by atoms with van der Waals surface area (Å²) in [4.78, 5) is 1.58. The van der Waals surface area contributed by atoms with Gasteiger partial charge in [-0.1, -0.05) is 13.3 Å². The Bertz CT molecular complexity index is 202. The van der Waals surface area contributed by atoms with Crippen molar-refractivity contribution >= 4 is 0 Å². The van der Waals surface area contributed by atoms with Gasteiger partial charge in [0.1, 0.15) is 0 Å². The Morgan fingerprint density at radius 2 is 2.00 bits per heavy atom. The lowest BCUT2D eigenvalue weighted by Gasteiger charge is -2.28. The summed E-state index contributed by atoms with van der Waals surface area (Å²) in [5.74, 6) is 0. The van der Waals surface area contributed by atoms with Gasteiger partial charge in [0.25, 0.3) is 0 Å². The van der Waals surface area contributed by atoms with E-state index in [-0.39, 0.29) is 12.1 Å². The average molecular weight is 238 g/mol. The van der Waals surface area contributed by atoms with Crippen molar-refractivity contribution in [2.75, 3.05) is 20.1 Å². The number of halogens is 3. The number of rotatable bonds is 7. The van der Waals surface area contributed by atoms with Gasteiger partial charge in [0.15, 0.2) is 0 Å². The van der Waals surface area contributed by atoms with Crippen LogP contribution in [0, 0.1) is 0 Å². The zero-order chi connectivity index (χ0) is 12.2. The highest BCUT2D eigenvalue weighted by molar-refractivity contribution is 4.87. The van der Waals surface area contributed by atoms with Crippen molar-refractivity contribution in [3.05, 3.63) is 0 Å². The molecule has 2 nitrogen and oxygen atoms in total. The molecule has 1 unspecified atom stereocenters. The third-order valence-corrected chi connectivity index (χ3v) is 2.95. The fraction of sp³-hybridized carbons (Fsp3) is 1.00. The van der Waals surface area contributed by atoms with Crippen LogP contribution in [0.5, 0.6) is 0 Å². The van der Waals surface area contributed by atoms with Crippen LogP contribution in [0.1, 0.15) is 32.6 Å². The number of nitrogens with one attached hydrogen (secondary N) is 1. The highest BCUT2D eigenvalue weighted by atomic mass is 19.4. The molecule has 0 saturated heterocycles. The van der Waals surface area contributed by atoms with Crippen molar-refractivity contribution in [1.82, 2.24) is 10.2 Å². The van der Waals surface area contributed by atoms with Crippen LogP contribution in [0.2, 0.25) is 0 Å². The molecule has 1 fully saturated rings. The molecule has 16 heavy (non-hydrogen) atoms. The number of alkyl halides is 3. The minimum atomic E-state index is -4.08. The molecule has 0 heterocycles. The minimum absolute atomic E-state index is 0.161. The van der Waals surface area contributed by atoms with E-state index in [1.165, 1.54) is 0 Å². The van der Waals surface area contributed by atoms with Gasteiger partial charge < -0.3 is 5.32 Å². The van der Waals surface area contributed by atoms with Crippen LogP contribution in [0.25, 0.3) is 0 Å². The van der Waals surface area contributed by atoms with Crippen LogP contribution in [0.3, 0.4) is 0 Å². The standard InChI is InChI=1S/C11H21F3N2/c1-3-4-9(15-2)7-16(10-5-6-10)8-11(12,13)14/h9-10,15H,3-8H2,1-2H3. The van der Waals surface area contributed by atoms with E-state index < -0.39 is 12.7 Å². The highest BCUT2D eigenvalue weighted by Crippen LogP contribution is 2.30. The maximum atomic E-state index is 12.4. The number of likely N-dealkylation sites (N-methyl/N-ethyl adjacent to an activating group) is 1. The second kappa shape index (κ2) is 5.87. The van der Waals surface area contributed by atoms with Gasteiger partial charge in [0.2, 0.25) is 0 Å². The largest absolute Gasteiger partial charge is 0.401 e. The van der Waals surface area contributed by atoms with E-state index in [4.69, 9.17) is 0 Å². The third kappa shape index (κ3) is 5.16. The van der Waals surface area contributed by atoms with Crippen LogP contribution in [0.15, 0.2) is 0 Å². The first-order valence-corrected chi connectivity index (χ1v) is 5.94. The van der Waals surface area contributed by atoms with E-state index in [0.29, 0.717) is 6.54 Å². The molecule has 1 rings (SSSR count). The third-order valence-electron chi connectivity index (χ3n) is 2.95. The molecule has 0 spiro atoms. The molecule has 0 aromatic rings. The molecule has 0 aliphatic heterocycles. The van der Waals surface area contributed by atoms with Gasteiger partial charge in [-0.05, 0) is 26.3 Å². The molecular weight excluding hydrogens is 217 g/mol. The lowest BCUT2D eigenvalue weighted by atomic mass is 10.1. The zero-order valence-electron chi connectivity index (χ0n) is 9.98. The topological polar surface area (TPSA) is 15.3 Å². The van der Waals surface area contributed by atoms with E-state index in [0.717, 1.165) is 25.7 Å². The van der Waals surface area contributed by atoms with Crippen LogP contribution in [-0.2, 0) is 0 Å². The summed E-state index contributed by atoms with van der Waals surface area (Å²) >= 11 is 0. The number of hydrogen-bond acceptors (Lipinski definition) is 2. The van der Waals surface area contributed by atoms with Crippen LogP contribution < -0.4 is 5.32 Å². The molecule has 1 atom stereocenters. The van der Waals surface area contributed by atoms with Gasteiger partial charge >= 0.3 is 6.18 Å². The van der Waals surface area contributed by atoms with Crippen LogP contribution >= 0.6 is 0 Å². The van der Waals surface area contributed by atoms with Gasteiger partial charge in [-0.25, -0.2) is 0 Å². The summed E-state index contributed by atoms with van der Waals surface area (Å²) in [5, 5.41) is 3.09. The Labute approximate surface area is 95.2 Å². The van der Waals surface area contributed by atoms with Crippen molar-refractivity contribution in [3.63, 3.8) is 0 Å². The zero-order valence-corrected chi connectivity index (χ0v) is 9.98. The van der Waals surface area contributed by atoms with E-state index in [1.54, 1.807) is 4.90 Å². The van der Waals surface area contributed by atoms with Crippen molar-refractivity contribution in [3.8, 4) is 0 Å². The second-order valence-electron chi connectivity index (χ2n) is 4.55. The molecule has 1 aliphatic carbocycles. The van der Waals surface area contributed by atoms with E-state index >= 15 is 0 Å². The molecule has 1 N–H and O–H groups in total. The smallest absolute Gasteiger partial charge is 0.316 e. The van der Waals surface area contributed by atoms with Gasteiger partial charge in [-0.2, -0.15) is 13.2 Å². The first kappa shape index (κ1) is 13.8. The Morgan fingerprint density at radius 3 is 2.38 bits per heavy atom. The van der Waals surface area contributed by atoms with Crippen LogP contribution in [-0.4, -0.2) is 43.3 Å². The molecule has 0 aromatic carbocycles. The summed E-state index contributed by atoms with van der Waals surface area (Å²) < 4.78 is 37.1. The fourth-order valence-electron chi connectivity index (χ4n) is 1.97. The van der Waals surface area contributed by atoms with Crippen molar-refractivity contribution < 1.29 is 13.2 Å². The quantitative estimate of drug-likeness (QED) is 0.732. The van der Waals surface area contributed by atoms with Gasteiger partial charge in [-0.15, -0.1) is 0 Å². The Kier molecular flexibility index (Phi) is 5.05. The highest BCUT2D eigenvalue weighted by Gasteiger charge is 2.38. The number of nitrogens with zero attached hydrogens (tertiary/aromatic N) is 1. The van der Waals surface area contributed by atoms with Crippen molar-refractivity contribution in [2.45, 2.75) is 50.9 Å². The maximum Gasteiger partial charge on any atom is 0.401 e. The summed E-state index contributed by atoms with van der Waals surface area (Å²) in [5.41, 5.74) is 0. The van der Waals surface area contributed by atoms with Gasteiger partial charge in [-0.3, -0.25) is 4.90 Å². The lowest BCUT2D eigenvalue weighted by Crippen LogP contribution is -2.44. The SMILES string of the molecule is CCCC(CN(CC(F)(F)F)C1CC1)NC. The Morgan fingerprint density at radius 1 is 1.38 bits per heavy atom. The predicted octanol–water partition coefficient (Wildman–Crippen LogP) is 2.40. The van der Waals surface area contributed by atoms with E-state index in [2.05, 4.69) is 12.2 Å². The molecule has 0 aromatic heterocycles. The average Bonchev–Trinajstić information content (AvgIpc) is 2.96. The monoisotopic (exact) mass is 238 g/mol. The molecule has 1 saturated carbocycles. The van der Waals surface area contributed by atoms with E-state index in [9.17, 15) is 13.2 Å². The molecule has 5 heteroatoms. The normalized spacial score (nSPS) is 19.1. The van der Waals surface area contributed by atoms with Crippen LogP contribution in [0.4, 0.5) is 13.2 Å².